The molecular formula is C14H17FN2O3. The largest absolute Gasteiger partial charge is 0.494 e. The van der Waals surface area contributed by atoms with E-state index in [2.05, 4.69) is 5.32 Å². The summed E-state index contributed by atoms with van der Waals surface area (Å²) < 4.78 is 18.2. The van der Waals surface area contributed by atoms with Crippen molar-refractivity contribution < 1.29 is 18.7 Å². The minimum Gasteiger partial charge on any atom is -0.494 e. The number of rotatable bonds is 2. The van der Waals surface area contributed by atoms with Gasteiger partial charge in [0.05, 0.1) is 7.11 Å². The molecule has 1 aliphatic heterocycles. The molecule has 1 saturated heterocycles. The Morgan fingerprint density at radius 3 is 2.80 bits per heavy atom. The molecule has 1 heterocycles. The van der Waals surface area contributed by atoms with Crippen LogP contribution in [-0.2, 0) is 4.79 Å². The third kappa shape index (κ3) is 2.33. The summed E-state index contributed by atoms with van der Waals surface area (Å²) in [5.74, 6) is -1.04. The second-order valence-corrected chi connectivity index (χ2v) is 5.12. The van der Waals surface area contributed by atoms with E-state index in [0.29, 0.717) is 18.7 Å². The van der Waals surface area contributed by atoms with Crippen LogP contribution >= 0.6 is 0 Å². The zero-order chi connectivity index (χ0) is 14.9. The average Bonchev–Trinajstić information content (AvgIpc) is 2.41. The summed E-state index contributed by atoms with van der Waals surface area (Å²) in [7, 11) is 1.34. The number of piperazine rings is 1. The van der Waals surface area contributed by atoms with Gasteiger partial charge in [0.2, 0.25) is 5.91 Å². The minimum absolute atomic E-state index is 0.00937. The third-order valence-corrected chi connectivity index (χ3v) is 3.49. The first-order valence-corrected chi connectivity index (χ1v) is 6.31. The topological polar surface area (TPSA) is 58.6 Å². The van der Waals surface area contributed by atoms with Gasteiger partial charge in [0.25, 0.3) is 5.91 Å². The molecule has 0 radical (unpaired) electrons. The molecule has 0 bridgehead atoms. The van der Waals surface area contributed by atoms with Crippen molar-refractivity contribution in [3.63, 3.8) is 0 Å². The van der Waals surface area contributed by atoms with Gasteiger partial charge in [-0.05, 0) is 32.0 Å². The fourth-order valence-corrected chi connectivity index (χ4v) is 2.20. The number of hydrogen-bond acceptors (Lipinski definition) is 3. The first kappa shape index (κ1) is 14.3. The molecule has 108 valence electrons. The Hall–Kier alpha value is -2.11. The van der Waals surface area contributed by atoms with Crippen LogP contribution in [0.1, 0.15) is 24.2 Å². The second-order valence-electron chi connectivity index (χ2n) is 5.12. The molecule has 0 atom stereocenters. The highest BCUT2D eigenvalue weighted by atomic mass is 19.1. The van der Waals surface area contributed by atoms with Crippen LogP contribution in [0.25, 0.3) is 0 Å². The Morgan fingerprint density at radius 2 is 2.15 bits per heavy atom. The first-order chi connectivity index (χ1) is 9.37. The van der Waals surface area contributed by atoms with Gasteiger partial charge in [0.15, 0.2) is 11.6 Å². The fourth-order valence-electron chi connectivity index (χ4n) is 2.20. The molecule has 20 heavy (non-hydrogen) atoms. The lowest BCUT2D eigenvalue weighted by Crippen LogP contribution is -2.63. The minimum atomic E-state index is -0.934. The molecule has 1 aromatic carbocycles. The van der Waals surface area contributed by atoms with Crippen molar-refractivity contribution >= 4 is 11.8 Å². The van der Waals surface area contributed by atoms with Crippen molar-refractivity contribution in [3.8, 4) is 5.75 Å². The van der Waals surface area contributed by atoms with Gasteiger partial charge >= 0.3 is 0 Å². The Bertz CT molecular complexity index is 557. The van der Waals surface area contributed by atoms with Crippen molar-refractivity contribution in [2.45, 2.75) is 19.4 Å². The zero-order valence-electron chi connectivity index (χ0n) is 11.7. The standard InChI is InChI=1S/C14H17FN2O3/c1-14(2)13(19)16-6-7-17(14)12(18)9-4-5-10(15)11(8-9)20-3/h4-5,8H,6-7H2,1-3H3,(H,16,19). The van der Waals surface area contributed by atoms with Gasteiger partial charge in [-0.1, -0.05) is 0 Å². The van der Waals surface area contributed by atoms with Crippen LogP contribution in [0.5, 0.6) is 5.75 Å². The molecule has 2 amide bonds. The predicted octanol–water partition coefficient (Wildman–Crippen LogP) is 1.18. The SMILES string of the molecule is COc1cc(C(=O)N2CCNC(=O)C2(C)C)ccc1F. The molecular weight excluding hydrogens is 263 g/mol. The Morgan fingerprint density at radius 1 is 1.45 bits per heavy atom. The maximum absolute atomic E-state index is 13.4. The lowest BCUT2D eigenvalue weighted by molar-refractivity contribution is -0.133. The average molecular weight is 280 g/mol. The smallest absolute Gasteiger partial charge is 0.254 e. The quantitative estimate of drug-likeness (QED) is 0.885. The summed E-state index contributed by atoms with van der Waals surface area (Å²) >= 11 is 0. The van der Waals surface area contributed by atoms with Gasteiger partial charge in [-0.3, -0.25) is 9.59 Å². The summed E-state index contributed by atoms with van der Waals surface area (Å²) in [5.41, 5.74) is -0.636. The fraction of sp³-hybridized carbons (Fsp3) is 0.429. The van der Waals surface area contributed by atoms with E-state index in [4.69, 9.17) is 4.74 Å². The summed E-state index contributed by atoms with van der Waals surface area (Å²) in [6, 6.07) is 3.92. The van der Waals surface area contributed by atoms with E-state index in [0.717, 1.165) is 0 Å². The maximum atomic E-state index is 13.4. The van der Waals surface area contributed by atoms with E-state index in [-0.39, 0.29) is 17.6 Å². The number of nitrogens with one attached hydrogen (secondary N) is 1. The van der Waals surface area contributed by atoms with Gasteiger partial charge in [-0.15, -0.1) is 0 Å². The number of nitrogens with zero attached hydrogens (tertiary/aromatic N) is 1. The molecule has 1 N–H and O–H groups in total. The molecule has 5 nitrogen and oxygen atoms in total. The number of halogens is 1. The number of carbonyl (C=O) groups is 2. The lowest BCUT2D eigenvalue weighted by atomic mass is 9.97. The van der Waals surface area contributed by atoms with Crippen molar-refractivity contribution in [1.82, 2.24) is 10.2 Å². The molecule has 1 fully saturated rings. The number of carbonyl (C=O) groups excluding carboxylic acids is 2. The maximum Gasteiger partial charge on any atom is 0.254 e. The van der Waals surface area contributed by atoms with Gasteiger partial charge in [-0.2, -0.15) is 0 Å². The summed E-state index contributed by atoms with van der Waals surface area (Å²) in [6.07, 6.45) is 0. The lowest BCUT2D eigenvalue weighted by Gasteiger charge is -2.41. The number of amides is 2. The van der Waals surface area contributed by atoms with Crippen LogP contribution in [-0.4, -0.2) is 42.5 Å². The second kappa shape index (κ2) is 5.11. The molecule has 0 saturated carbocycles. The van der Waals surface area contributed by atoms with E-state index < -0.39 is 11.4 Å². The third-order valence-electron chi connectivity index (χ3n) is 3.49. The monoisotopic (exact) mass is 280 g/mol. The predicted molar refractivity (Wildman–Crippen MR) is 71.1 cm³/mol. The molecule has 1 aliphatic rings. The summed E-state index contributed by atoms with van der Waals surface area (Å²) in [4.78, 5) is 25.8. The van der Waals surface area contributed by atoms with Crippen LogP contribution in [0, 0.1) is 5.82 Å². The highest BCUT2D eigenvalue weighted by Crippen LogP contribution is 2.24. The summed E-state index contributed by atoms with van der Waals surface area (Å²) in [5, 5.41) is 2.72. The molecule has 0 unspecified atom stereocenters. The number of methoxy groups -OCH3 is 1. The number of ether oxygens (including phenoxy) is 1. The molecule has 6 heteroatoms. The highest BCUT2D eigenvalue weighted by Gasteiger charge is 2.40. The van der Waals surface area contributed by atoms with Crippen LogP contribution < -0.4 is 10.1 Å². The van der Waals surface area contributed by atoms with E-state index in [1.54, 1.807) is 13.8 Å². The number of hydrogen-bond donors (Lipinski definition) is 1. The normalized spacial score (nSPS) is 17.6. The van der Waals surface area contributed by atoms with Crippen molar-refractivity contribution in [2.24, 2.45) is 0 Å². The Kier molecular flexibility index (Phi) is 3.65. The molecule has 0 aliphatic carbocycles. The van der Waals surface area contributed by atoms with Crippen LogP contribution in [0.4, 0.5) is 4.39 Å². The van der Waals surface area contributed by atoms with Gasteiger partial charge in [0.1, 0.15) is 5.54 Å². The van der Waals surface area contributed by atoms with E-state index in [1.165, 1.54) is 30.2 Å². The van der Waals surface area contributed by atoms with E-state index >= 15 is 0 Å². The Balaban J connectivity index is 2.33. The first-order valence-electron chi connectivity index (χ1n) is 6.31. The zero-order valence-corrected chi connectivity index (χ0v) is 11.7. The van der Waals surface area contributed by atoms with E-state index in [9.17, 15) is 14.0 Å². The van der Waals surface area contributed by atoms with E-state index in [1.807, 2.05) is 0 Å². The molecule has 0 spiro atoms. The van der Waals surface area contributed by atoms with Gasteiger partial charge in [-0.25, -0.2) is 4.39 Å². The molecule has 2 rings (SSSR count). The Labute approximate surface area is 116 Å². The molecule has 0 aromatic heterocycles. The van der Waals surface area contributed by atoms with Crippen molar-refractivity contribution in [1.29, 1.82) is 0 Å². The van der Waals surface area contributed by atoms with Gasteiger partial charge < -0.3 is 15.0 Å². The number of benzene rings is 1. The molecule has 1 aromatic rings. The van der Waals surface area contributed by atoms with Crippen molar-refractivity contribution in [2.75, 3.05) is 20.2 Å². The van der Waals surface area contributed by atoms with Crippen LogP contribution in [0.15, 0.2) is 18.2 Å². The highest BCUT2D eigenvalue weighted by molar-refractivity contribution is 5.99. The van der Waals surface area contributed by atoms with Crippen molar-refractivity contribution in [3.05, 3.63) is 29.6 Å². The van der Waals surface area contributed by atoms with Crippen LogP contribution in [0.2, 0.25) is 0 Å². The van der Waals surface area contributed by atoms with Crippen LogP contribution in [0.3, 0.4) is 0 Å². The summed E-state index contributed by atoms with van der Waals surface area (Å²) in [6.45, 7) is 4.18. The van der Waals surface area contributed by atoms with Gasteiger partial charge in [0, 0.05) is 18.7 Å².